The van der Waals surface area contributed by atoms with Crippen LogP contribution in [0, 0.1) is 0 Å². The summed E-state index contributed by atoms with van der Waals surface area (Å²) in [5.74, 6) is -0.0232. The number of sulfonamides is 1. The van der Waals surface area contributed by atoms with Crippen LogP contribution in [0.5, 0.6) is 0 Å². The van der Waals surface area contributed by atoms with Gasteiger partial charge < -0.3 is 8.98 Å². The van der Waals surface area contributed by atoms with E-state index in [0.717, 1.165) is 0 Å². The summed E-state index contributed by atoms with van der Waals surface area (Å²) in [6, 6.07) is 2.54. The zero-order chi connectivity index (χ0) is 13.0. The molecule has 0 saturated heterocycles. The maximum atomic E-state index is 11.7. The van der Waals surface area contributed by atoms with E-state index in [1.165, 1.54) is 12.1 Å². The van der Waals surface area contributed by atoms with E-state index in [9.17, 15) is 13.2 Å². The summed E-state index contributed by atoms with van der Waals surface area (Å²) in [6.45, 7) is 0.663. The molecule has 0 atom stereocenters. The number of rotatable bonds is 6. The second-order valence-electron chi connectivity index (χ2n) is 3.47. The Kier molecular flexibility index (Phi) is 3.58. The molecule has 0 saturated carbocycles. The number of aldehydes is 1. The van der Waals surface area contributed by atoms with Gasteiger partial charge in [0.1, 0.15) is 0 Å². The molecule has 0 spiro atoms. The number of aromatic nitrogens is 2. The lowest BCUT2D eigenvalue weighted by Crippen LogP contribution is -2.26. The first-order valence-electron chi connectivity index (χ1n) is 5.12. The van der Waals surface area contributed by atoms with Crippen LogP contribution in [0.25, 0.3) is 0 Å². The van der Waals surface area contributed by atoms with Crippen molar-refractivity contribution in [3.8, 4) is 0 Å². The Hall–Kier alpha value is -1.93. The van der Waals surface area contributed by atoms with Crippen LogP contribution in [0.2, 0.25) is 0 Å². The fourth-order valence-corrected chi connectivity index (χ4v) is 2.30. The molecule has 0 bridgehead atoms. The van der Waals surface area contributed by atoms with Gasteiger partial charge in [-0.15, -0.1) is 0 Å². The predicted molar refractivity (Wildman–Crippen MR) is 61.5 cm³/mol. The quantitative estimate of drug-likeness (QED) is 0.759. The minimum Gasteiger partial charge on any atom is -0.440 e. The third kappa shape index (κ3) is 2.84. The van der Waals surface area contributed by atoms with E-state index < -0.39 is 10.0 Å². The number of imidazole rings is 1. The molecule has 96 valence electrons. The highest BCUT2D eigenvalue weighted by Gasteiger charge is 2.17. The van der Waals surface area contributed by atoms with Crippen molar-refractivity contribution in [3.63, 3.8) is 0 Å². The Balaban J connectivity index is 1.97. The van der Waals surface area contributed by atoms with Gasteiger partial charge in [-0.25, -0.2) is 18.1 Å². The van der Waals surface area contributed by atoms with Gasteiger partial charge in [0.25, 0.3) is 10.0 Å². The molecule has 2 aromatic rings. The fourth-order valence-electron chi connectivity index (χ4n) is 1.34. The molecule has 0 aliphatic carbocycles. The molecule has 8 heteroatoms. The molecular formula is C10H11N3O4S. The predicted octanol–water partition coefficient (Wildman–Crippen LogP) is 0.267. The number of carbonyl (C=O) groups excluding carboxylic acids is 1. The molecule has 0 radical (unpaired) electrons. The van der Waals surface area contributed by atoms with Gasteiger partial charge in [-0.2, -0.15) is 0 Å². The monoisotopic (exact) mass is 269 g/mol. The zero-order valence-corrected chi connectivity index (χ0v) is 10.1. The van der Waals surface area contributed by atoms with Crippen LogP contribution in [0.3, 0.4) is 0 Å². The maximum Gasteiger partial charge on any atom is 0.274 e. The van der Waals surface area contributed by atoms with Crippen LogP contribution >= 0.6 is 0 Å². The lowest BCUT2D eigenvalue weighted by atomic mass is 10.5. The third-order valence-corrected chi connectivity index (χ3v) is 3.54. The van der Waals surface area contributed by atoms with Crippen molar-refractivity contribution < 1.29 is 17.6 Å². The second kappa shape index (κ2) is 5.15. The molecule has 0 aromatic carbocycles. The summed E-state index contributed by atoms with van der Waals surface area (Å²) in [5.41, 5.74) is 0. The molecule has 2 rings (SSSR count). The molecule has 1 N–H and O–H groups in total. The van der Waals surface area contributed by atoms with Gasteiger partial charge in [0.05, 0.1) is 6.33 Å². The summed E-state index contributed by atoms with van der Waals surface area (Å²) in [5, 5.41) is -0.268. The molecule has 7 nitrogen and oxygen atoms in total. The lowest BCUT2D eigenvalue weighted by molar-refractivity contribution is 0.109. The SMILES string of the molecule is O=Cc1ccc(S(=O)(=O)NCCn2ccnc2)o1. The lowest BCUT2D eigenvalue weighted by Gasteiger charge is -2.04. The molecule has 2 heterocycles. The maximum absolute atomic E-state index is 11.7. The minimum absolute atomic E-state index is 0.0232. The van der Waals surface area contributed by atoms with Gasteiger partial charge in [0, 0.05) is 25.5 Å². The van der Waals surface area contributed by atoms with Crippen molar-refractivity contribution in [2.45, 2.75) is 11.6 Å². The van der Waals surface area contributed by atoms with E-state index >= 15 is 0 Å². The highest BCUT2D eigenvalue weighted by molar-refractivity contribution is 7.89. The van der Waals surface area contributed by atoms with Gasteiger partial charge in [0.15, 0.2) is 12.0 Å². The molecule has 0 amide bonds. The van der Waals surface area contributed by atoms with Crippen LogP contribution in [0.15, 0.2) is 40.4 Å². The van der Waals surface area contributed by atoms with E-state index in [-0.39, 0.29) is 17.4 Å². The molecule has 0 unspecified atom stereocenters. The van der Waals surface area contributed by atoms with Crippen LogP contribution in [-0.2, 0) is 16.6 Å². The number of hydrogen-bond donors (Lipinski definition) is 1. The Morgan fingerprint density at radius 2 is 2.28 bits per heavy atom. The molecule has 2 aromatic heterocycles. The van der Waals surface area contributed by atoms with E-state index in [4.69, 9.17) is 4.42 Å². The van der Waals surface area contributed by atoms with Crippen molar-refractivity contribution in [3.05, 3.63) is 36.6 Å². The summed E-state index contributed by atoms with van der Waals surface area (Å²) >= 11 is 0. The number of nitrogens with zero attached hydrogens (tertiary/aromatic N) is 2. The molecular weight excluding hydrogens is 258 g/mol. The summed E-state index contributed by atoms with van der Waals surface area (Å²) in [6.07, 6.45) is 5.37. The molecule has 0 aliphatic rings. The van der Waals surface area contributed by atoms with Crippen molar-refractivity contribution in [2.24, 2.45) is 0 Å². The Labute approximate surface area is 103 Å². The average Bonchev–Trinajstić information content (AvgIpc) is 2.99. The third-order valence-electron chi connectivity index (χ3n) is 2.20. The zero-order valence-electron chi connectivity index (χ0n) is 9.31. The van der Waals surface area contributed by atoms with Crippen molar-refractivity contribution in [2.75, 3.05) is 6.54 Å². The van der Waals surface area contributed by atoms with Gasteiger partial charge in [-0.05, 0) is 12.1 Å². The minimum atomic E-state index is -3.71. The van der Waals surface area contributed by atoms with Crippen LogP contribution in [0.4, 0.5) is 0 Å². The smallest absolute Gasteiger partial charge is 0.274 e. The first kappa shape index (κ1) is 12.5. The average molecular weight is 269 g/mol. The topological polar surface area (TPSA) is 94.2 Å². The van der Waals surface area contributed by atoms with Gasteiger partial charge in [-0.3, -0.25) is 4.79 Å². The Morgan fingerprint density at radius 1 is 1.44 bits per heavy atom. The molecule has 0 fully saturated rings. The van der Waals surface area contributed by atoms with E-state index in [2.05, 4.69) is 9.71 Å². The summed E-state index contributed by atoms with van der Waals surface area (Å²) < 4.78 is 32.4. The van der Waals surface area contributed by atoms with Crippen LogP contribution < -0.4 is 4.72 Å². The summed E-state index contributed by atoms with van der Waals surface area (Å²) in [7, 11) is -3.71. The number of furan rings is 1. The first-order valence-corrected chi connectivity index (χ1v) is 6.60. The van der Waals surface area contributed by atoms with Crippen LogP contribution in [-0.4, -0.2) is 30.8 Å². The standard InChI is InChI=1S/C10H11N3O4S/c14-7-9-1-2-10(17-9)18(15,16)12-4-6-13-5-3-11-8-13/h1-3,5,7-8,12H,4,6H2. The van der Waals surface area contributed by atoms with E-state index in [0.29, 0.717) is 12.8 Å². The molecule has 18 heavy (non-hydrogen) atoms. The Bertz CT molecular complexity index is 615. The summed E-state index contributed by atoms with van der Waals surface area (Å²) in [4.78, 5) is 14.2. The van der Waals surface area contributed by atoms with Crippen molar-refractivity contribution in [1.82, 2.24) is 14.3 Å². The van der Waals surface area contributed by atoms with E-state index in [1.807, 2.05) is 0 Å². The number of carbonyl (C=O) groups is 1. The largest absolute Gasteiger partial charge is 0.440 e. The number of nitrogens with one attached hydrogen (secondary N) is 1. The van der Waals surface area contributed by atoms with Gasteiger partial charge >= 0.3 is 0 Å². The highest BCUT2D eigenvalue weighted by atomic mass is 32.2. The fraction of sp³-hybridized carbons (Fsp3) is 0.200. The Morgan fingerprint density at radius 3 is 2.89 bits per heavy atom. The second-order valence-corrected chi connectivity index (χ2v) is 5.17. The van der Waals surface area contributed by atoms with Crippen LogP contribution in [0.1, 0.15) is 10.6 Å². The molecule has 0 aliphatic heterocycles. The normalized spacial score (nSPS) is 11.6. The van der Waals surface area contributed by atoms with E-state index in [1.54, 1.807) is 23.3 Å². The van der Waals surface area contributed by atoms with Gasteiger partial charge in [0.2, 0.25) is 5.09 Å². The number of hydrogen-bond acceptors (Lipinski definition) is 5. The van der Waals surface area contributed by atoms with Crippen molar-refractivity contribution >= 4 is 16.3 Å². The van der Waals surface area contributed by atoms with Gasteiger partial charge in [-0.1, -0.05) is 0 Å². The highest BCUT2D eigenvalue weighted by Crippen LogP contribution is 2.11. The van der Waals surface area contributed by atoms with Crippen molar-refractivity contribution in [1.29, 1.82) is 0 Å². The first-order chi connectivity index (χ1) is 8.62.